The van der Waals surface area contributed by atoms with Gasteiger partial charge in [-0.2, -0.15) is 0 Å². The van der Waals surface area contributed by atoms with Crippen LogP contribution in [0.2, 0.25) is 0 Å². The molecule has 8 nitrogen and oxygen atoms in total. The van der Waals surface area contributed by atoms with Crippen molar-refractivity contribution in [3.8, 4) is 44.7 Å². The highest BCUT2D eigenvalue weighted by molar-refractivity contribution is 7.19. The van der Waals surface area contributed by atoms with Gasteiger partial charge in [-0.1, -0.05) is 25.2 Å². The molecule has 2 aromatic carbocycles. The Kier molecular flexibility index (Phi) is 8.36. The fourth-order valence-electron chi connectivity index (χ4n) is 3.34. The average molecular weight is 486 g/mol. The number of carbonyl (C=O) groups is 1. The van der Waals surface area contributed by atoms with Crippen LogP contribution in [0.25, 0.3) is 21.7 Å². The van der Waals surface area contributed by atoms with E-state index in [0.29, 0.717) is 34.7 Å². The number of anilines is 1. The molecule has 0 spiro atoms. The summed E-state index contributed by atoms with van der Waals surface area (Å²) in [6, 6.07) is 10.7. The molecule has 34 heavy (non-hydrogen) atoms. The zero-order chi connectivity index (χ0) is 24.8. The van der Waals surface area contributed by atoms with Gasteiger partial charge in [-0.15, -0.1) is 0 Å². The quantitative estimate of drug-likeness (QED) is 0.424. The van der Waals surface area contributed by atoms with E-state index >= 15 is 0 Å². The number of hydrogen-bond donors (Lipinski definition) is 2. The van der Waals surface area contributed by atoms with Gasteiger partial charge in [0.15, 0.2) is 16.6 Å². The van der Waals surface area contributed by atoms with Crippen molar-refractivity contribution in [2.75, 3.05) is 33.3 Å². The van der Waals surface area contributed by atoms with Gasteiger partial charge in [0, 0.05) is 11.1 Å². The van der Waals surface area contributed by atoms with Gasteiger partial charge in [-0.25, -0.2) is 4.98 Å². The SMILES string of the molecule is CCOc1ccc(-c2nc(NC(=O)[C@@H](N)C(C)C)sc2-c2cc(OC)c(OC)c(OC)c2)cc1. The van der Waals surface area contributed by atoms with Crippen LogP contribution in [0.5, 0.6) is 23.0 Å². The molecule has 0 fully saturated rings. The number of hydrogen-bond acceptors (Lipinski definition) is 8. The van der Waals surface area contributed by atoms with Crippen molar-refractivity contribution in [3.63, 3.8) is 0 Å². The zero-order valence-corrected chi connectivity index (χ0v) is 21.1. The minimum absolute atomic E-state index is 0.000114. The Morgan fingerprint density at radius 3 is 2.15 bits per heavy atom. The second-order valence-corrected chi connectivity index (χ2v) is 8.83. The number of benzene rings is 2. The van der Waals surface area contributed by atoms with Crippen LogP contribution in [0, 0.1) is 5.92 Å². The molecule has 0 aliphatic rings. The first-order valence-corrected chi connectivity index (χ1v) is 11.7. The first-order valence-electron chi connectivity index (χ1n) is 10.9. The van der Waals surface area contributed by atoms with Gasteiger partial charge in [-0.05, 0) is 49.2 Å². The Bertz CT molecular complexity index is 1100. The molecule has 3 aromatic rings. The van der Waals surface area contributed by atoms with E-state index in [1.54, 1.807) is 21.3 Å². The van der Waals surface area contributed by atoms with Crippen LogP contribution in [-0.2, 0) is 4.79 Å². The predicted molar refractivity (Wildman–Crippen MR) is 135 cm³/mol. The second kappa shape index (κ2) is 11.2. The topological polar surface area (TPSA) is 105 Å². The van der Waals surface area contributed by atoms with E-state index in [1.165, 1.54) is 11.3 Å². The summed E-state index contributed by atoms with van der Waals surface area (Å²) >= 11 is 1.35. The maximum atomic E-state index is 12.6. The Balaban J connectivity index is 2.13. The fraction of sp³-hybridized carbons (Fsp3) is 0.360. The maximum Gasteiger partial charge on any atom is 0.243 e. The first kappa shape index (κ1) is 25.3. The minimum atomic E-state index is -0.637. The number of carbonyl (C=O) groups excluding carboxylic acids is 1. The summed E-state index contributed by atoms with van der Waals surface area (Å²) < 4.78 is 22.1. The van der Waals surface area contributed by atoms with Crippen LogP contribution in [0.15, 0.2) is 36.4 Å². The molecule has 0 bridgehead atoms. The van der Waals surface area contributed by atoms with Crippen molar-refractivity contribution >= 4 is 22.4 Å². The van der Waals surface area contributed by atoms with Gasteiger partial charge in [0.25, 0.3) is 0 Å². The number of nitrogens with zero attached hydrogens (tertiary/aromatic N) is 1. The number of ether oxygens (including phenoxy) is 4. The van der Waals surface area contributed by atoms with Gasteiger partial charge >= 0.3 is 0 Å². The van der Waals surface area contributed by atoms with Crippen LogP contribution >= 0.6 is 11.3 Å². The smallest absolute Gasteiger partial charge is 0.243 e. The summed E-state index contributed by atoms with van der Waals surface area (Å²) in [5.74, 6) is 2.04. The lowest BCUT2D eigenvalue weighted by molar-refractivity contribution is -0.118. The van der Waals surface area contributed by atoms with E-state index in [9.17, 15) is 4.79 Å². The second-order valence-electron chi connectivity index (χ2n) is 7.83. The summed E-state index contributed by atoms with van der Waals surface area (Å²) in [5.41, 5.74) is 8.42. The number of aromatic nitrogens is 1. The number of methoxy groups -OCH3 is 3. The van der Waals surface area contributed by atoms with Gasteiger partial charge in [0.05, 0.1) is 44.5 Å². The third kappa shape index (κ3) is 5.43. The summed E-state index contributed by atoms with van der Waals surface area (Å²) in [6.45, 7) is 6.32. The summed E-state index contributed by atoms with van der Waals surface area (Å²) in [6.07, 6.45) is 0. The number of nitrogens with one attached hydrogen (secondary N) is 1. The first-order chi connectivity index (χ1) is 16.3. The molecule has 182 valence electrons. The number of nitrogens with two attached hydrogens (primary N) is 1. The summed E-state index contributed by atoms with van der Waals surface area (Å²) in [4.78, 5) is 18.2. The summed E-state index contributed by atoms with van der Waals surface area (Å²) in [7, 11) is 4.70. The van der Waals surface area contributed by atoms with Crippen LogP contribution in [-0.4, -0.2) is 44.9 Å². The zero-order valence-electron chi connectivity index (χ0n) is 20.3. The van der Waals surface area contributed by atoms with E-state index < -0.39 is 6.04 Å². The molecule has 1 amide bonds. The lowest BCUT2D eigenvalue weighted by atomic mass is 10.1. The Morgan fingerprint density at radius 2 is 1.65 bits per heavy atom. The normalized spacial score (nSPS) is 11.8. The number of thiazole rings is 1. The molecule has 0 aliphatic heterocycles. The van der Waals surface area contributed by atoms with Gasteiger partial charge in [0.1, 0.15) is 5.75 Å². The molecule has 0 unspecified atom stereocenters. The monoisotopic (exact) mass is 485 g/mol. The van der Waals surface area contributed by atoms with Crippen LogP contribution in [0.4, 0.5) is 5.13 Å². The van der Waals surface area contributed by atoms with Crippen molar-refractivity contribution in [2.45, 2.75) is 26.8 Å². The van der Waals surface area contributed by atoms with Crippen molar-refractivity contribution in [2.24, 2.45) is 11.7 Å². The molecular weight excluding hydrogens is 454 g/mol. The minimum Gasteiger partial charge on any atom is -0.494 e. The molecule has 0 saturated carbocycles. The van der Waals surface area contributed by atoms with Gasteiger partial charge in [-0.3, -0.25) is 4.79 Å². The van der Waals surface area contributed by atoms with Crippen LogP contribution < -0.4 is 30.0 Å². The van der Waals surface area contributed by atoms with Crippen molar-refractivity contribution < 1.29 is 23.7 Å². The maximum absolute atomic E-state index is 12.6. The lowest BCUT2D eigenvalue weighted by Crippen LogP contribution is -2.39. The van der Waals surface area contributed by atoms with Crippen molar-refractivity contribution in [1.29, 1.82) is 0 Å². The van der Waals surface area contributed by atoms with Crippen molar-refractivity contribution in [3.05, 3.63) is 36.4 Å². The van der Waals surface area contributed by atoms with Crippen LogP contribution in [0.3, 0.4) is 0 Å². The Labute approximate surface area is 204 Å². The molecule has 0 radical (unpaired) electrons. The third-order valence-electron chi connectivity index (χ3n) is 5.24. The molecule has 0 aliphatic carbocycles. The molecular formula is C25H31N3O5S. The molecule has 1 aromatic heterocycles. The highest BCUT2D eigenvalue weighted by atomic mass is 32.1. The van der Waals surface area contributed by atoms with Gasteiger partial charge in [0.2, 0.25) is 11.7 Å². The predicted octanol–water partition coefficient (Wildman–Crippen LogP) is 4.82. The Morgan fingerprint density at radius 1 is 1.03 bits per heavy atom. The van der Waals surface area contributed by atoms with Crippen LogP contribution in [0.1, 0.15) is 20.8 Å². The molecule has 0 saturated heterocycles. The highest BCUT2D eigenvalue weighted by Crippen LogP contribution is 2.46. The summed E-state index contributed by atoms with van der Waals surface area (Å²) in [5, 5.41) is 3.32. The number of rotatable bonds is 10. The van der Waals surface area contributed by atoms with E-state index in [4.69, 9.17) is 29.7 Å². The van der Waals surface area contributed by atoms with Gasteiger partial charge < -0.3 is 30.0 Å². The molecule has 1 atom stereocenters. The standard InChI is InChI=1S/C25H31N3O5S/c1-7-33-17-10-8-15(9-11-17)21-23(34-25(27-21)28-24(29)20(26)14(2)3)16-12-18(30-4)22(32-6)19(13-16)31-5/h8-14,20H,7,26H2,1-6H3,(H,27,28,29)/t20-/m0/s1. The Hall–Kier alpha value is -3.30. The number of amides is 1. The van der Waals surface area contributed by atoms with E-state index in [0.717, 1.165) is 21.8 Å². The molecule has 9 heteroatoms. The molecule has 3 N–H and O–H groups in total. The third-order valence-corrected chi connectivity index (χ3v) is 6.26. The largest absolute Gasteiger partial charge is 0.494 e. The van der Waals surface area contributed by atoms with E-state index in [1.807, 2.05) is 57.2 Å². The highest BCUT2D eigenvalue weighted by Gasteiger charge is 2.23. The molecule has 3 rings (SSSR count). The van der Waals surface area contributed by atoms with E-state index in [2.05, 4.69) is 5.32 Å². The van der Waals surface area contributed by atoms with Crippen molar-refractivity contribution in [1.82, 2.24) is 4.98 Å². The van der Waals surface area contributed by atoms with E-state index in [-0.39, 0.29) is 11.8 Å². The lowest BCUT2D eigenvalue weighted by Gasteiger charge is -2.14. The average Bonchev–Trinajstić information content (AvgIpc) is 3.26. The molecule has 1 heterocycles. The fourth-order valence-corrected chi connectivity index (χ4v) is 4.32.